The van der Waals surface area contributed by atoms with Crippen LogP contribution in [0.25, 0.3) is 0 Å². The Morgan fingerprint density at radius 2 is 2.26 bits per heavy atom. The molecule has 1 saturated heterocycles. The summed E-state index contributed by atoms with van der Waals surface area (Å²) in [6.45, 7) is 3.38. The first kappa shape index (κ1) is 14.2. The minimum Gasteiger partial charge on any atom is -0.398 e. The molecule has 4 nitrogen and oxygen atoms in total. The second kappa shape index (κ2) is 5.39. The average Bonchev–Trinajstić information content (AvgIpc) is 2.41. The van der Waals surface area contributed by atoms with E-state index in [1.807, 2.05) is 11.8 Å². The second-order valence-electron chi connectivity index (χ2n) is 5.22. The molecule has 1 fully saturated rings. The summed E-state index contributed by atoms with van der Waals surface area (Å²) < 4.78 is 5.50. The molecule has 0 radical (unpaired) electrons. The van der Waals surface area contributed by atoms with Crippen LogP contribution in [-0.4, -0.2) is 36.6 Å². The molecule has 1 unspecified atom stereocenters. The van der Waals surface area contributed by atoms with E-state index in [-0.39, 0.29) is 11.5 Å². The number of carbonyl (C=O) groups is 1. The number of benzene rings is 1. The van der Waals surface area contributed by atoms with Crippen molar-refractivity contribution >= 4 is 23.2 Å². The van der Waals surface area contributed by atoms with Gasteiger partial charge in [-0.3, -0.25) is 4.79 Å². The van der Waals surface area contributed by atoms with Gasteiger partial charge < -0.3 is 15.4 Å². The number of piperidine rings is 1. The fourth-order valence-corrected chi connectivity index (χ4v) is 2.57. The zero-order valence-corrected chi connectivity index (χ0v) is 12.0. The Hall–Kier alpha value is -1.26. The number of nitrogen functional groups attached to an aromatic ring is 1. The van der Waals surface area contributed by atoms with Gasteiger partial charge >= 0.3 is 0 Å². The van der Waals surface area contributed by atoms with E-state index in [0.29, 0.717) is 22.8 Å². The lowest BCUT2D eigenvalue weighted by atomic mass is 9.94. The molecule has 0 saturated carbocycles. The van der Waals surface area contributed by atoms with Gasteiger partial charge in [0, 0.05) is 25.8 Å². The molecule has 104 valence electrons. The fourth-order valence-electron chi connectivity index (χ4n) is 2.39. The first-order valence-corrected chi connectivity index (χ1v) is 6.72. The molecule has 1 aliphatic rings. The minimum atomic E-state index is -0.258. The lowest BCUT2D eigenvalue weighted by Gasteiger charge is -2.39. The predicted octanol–water partition coefficient (Wildman–Crippen LogP) is 2.56. The molecule has 2 N–H and O–H groups in total. The lowest BCUT2D eigenvalue weighted by Crippen LogP contribution is -2.49. The summed E-state index contributed by atoms with van der Waals surface area (Å²) in [6.07, 6.45) is 1.91. The quantitative estimate of drug-likeness (QED) is 0.848. The summed E-state index contributed by atoms with van der Waals surface area (Å²) in [5.41, 5.74) is 6.45. The first-order valence-electron chi connectivity index (χ1n) is 6.35. The van der Waals surface area contributed by atoms with Gasteiger partial charge in [0.2, 0.25) is 0 Å². The Bertz CT molecular complexity index is 492. The summed E-state index contributed by atoms with van der Waals surface area (Å²) in [6, 6.07) is 5.00. The molecule has 0 aromatic heterocycles. The molecule has 19 heavy (non-hydrogen) atoms. The topological polar surface area (TPSA) is 55.6 Å². The van der Waals surface area contributed by atoms with Crippen LogP contribution >= 0.6 is 11.6 Å². The summed E-state index contributed by atoms with van der Waals surface area (Å²) in [7, 11) is 1.69. The largest absolute Gasteiger partial charge is 0.398 e. The molecule has 1 aliphatic heterocycles. The molecular weight excluding hydrogens is 264 g/mol. The summed E-state index contributed by atoms with van der Waals surface area (Å²) in [5, 5.41) is 0.414. The zero-order valence-electron chi connectivity index (χ0n) is 11.3. The molecule has 1 aromatic carbocycles. The molecular formula is C14H19ClN2O2. The van der Waals surface area contributed by atoms with Crippen LogP contribution in [0.4, 0.5) is 5.69 Å². The van der Waals surface area contributed by atoms with Crippen molar-refractivity contribution in [3.63, 3.8) is 0 Å². The van der Waals surface area contributed by atoms with Crippen LogP contribution in [0, 0.1) is 0 Å². The van der Waals surface area contributed by atoms with E-state index in [2.05, 4.69) is 0 Å². The standard InChI is InChI=1S/C14H19ClN2O2/c1-14(19-2)6-3-7-17(9-14)13(18)10-4-5-12(16)11(15)8-10/h4-5,8H,3,6-7,9,16H2,1-2H3. The Morgan fingerprint density at radius 1 is 1.53 bits per heavy atom. The van der Waals surface area contributed by atoms with Gasteiger partial charge in [-0.25, -0.2) is 0 Å². The van der Waals surface area contributed by atoms with E-state index in [1.54, 1.807) is 25.3 Å². The molecule has 1 aromatic rings. The predicted molar refractivity (Wildman–Crippen MR) is 76.4 cm³/mol. The van der Waals surface area contributed by atoms with Gasteiger partial charge in [-0.1, -0.05) is 11.6 Å². The highest BCUT2D eigenvalue weighted by molar-refractivity contribution is 6.33. The van der Waals surface area contributed by atoms with Gasteiger partial charge in [-0.2, -0.15) is 0 Å². The third-order valence-corrected chi connectivity index (χ3v) is 4.01. The van der Waals surface area contributed by atoms with E-state index in [0.717, 1.165) is 19.4 Å². The van der Waals surface area contributed by atoms with Crippen molar-refractivity contribution in [1.29, 1.82) is 0 Å². The van der Waals surface area contributed by atoms with Crippen LogP contribution in [0.2, 0.25) is 5.02 Å². The average molecular weight is 283 g/mol. The normalized spacial score (nSPS) is 23.4. The van der Waals surface area contributed by atoms with Crippen molar-refractivity contribution in [3.05, 3.63) is 28.8 Å². The van der Waals surface area contributed by atoms with Crippen LogP contribution in [0.5, 0.6) is 0 Å². The number of anilines is 1. The van der Waals surface area contributed by atoms with E-state index in [1.165, 1.54) is 0 Å². The Balaban J connectivity index is 2.17. The number of ether oxygens (including phenoxy) is 1. The van der Waals surface area contributed by atoms with E-state index < -0.39 is 0 Å². The van der Waals surface area contributed by atoms with E-state index >= 15 is 0 Å². The van der Waals surface area contributed by atoms with Crippen molar-refractivity contribution in [2.24, 2.45) is 0 Å². The van der Waals surface area contributed by atoms with Crippen LogP contribution in [0.1, 0.15) is 30.1 Å². The van der Waals surface area contributed by atoms with Crippen molar-refractivity contribution in [2.45, 2.75) is 25.4 Å². The molecule has 0 bridgehead atoms. The van der Waals surface area contributed by atoms with Gasteiger partial charge in [0.25, 0.3) is 5.91 Å². The molecule has 1 atom stereocenters. The SMILES string of the molecule is COC1(C)CCCN(C(=O)c2ccc(N)c(Cl)c2)C1. The van der Waals surface area contributed by atoms with Crippen LogP contribution in [0.15, 0.2) is 18.2 Å². The Kier molecular flexibility index (Phi) is 4.02. The molecule has 2 rings (SSSR count). The maximum absolute atomic E-state index is 12.4. The van der Waals surface area contributed by atoms with Crippen molar-refractivity contribution < 1.29 is 9.53 Å². The molecule has 1 amide bonds. The van der Waals surface area contributed by atoms with Crippen molar-refractivity contribution in [3.8, 4) is 0 Å². The monoisotopic (exact) mass is 282 g/mol. The van der Waals surface area contributed by atoms with Crippen LogP contribution in [-0.2, 0) is 4.74 Å². The maximum Gasteiger partial charge on any atom is 0.254 e. The summed E-state index contributed by atoms with van der Waals surface area (Å²) >= 11 is 5.96. The highest BCUT2D eigenvalue weighted by atomic mass is 35.5. The molecule has 1 heterocycles. The number of carbonyl (C=O) groups excluding carboxylic acids is 1. The number of hydrogen-bond acceptors (Lipinski definition) is 3. The number of nitrogens with zero attached hydrogens (tertiary/aromatic N) is 1. The van der Waals surface area contributed by atoms with Gasteiger partial charge in [-0.05, 0) is 38.0 Å². The fraction of sp³-hybridized carbons (Fsp3) is 0.500. The third kappa shape index (κ3) is 3.01. The minimum absolute atomic E-state index is 0.0233. The molecule has 5 heteroatoms. The van der Waals surface area contributed by atoms with Crippen molar-refractivity contribution in [2.75, 3.05) is 25.9 Å². The summed E-state index contributed by atoms with van der Waals surface area (Å²) in [4.78, 5) is 14.3. The van der Waals surface area contributed by atoms with Crippen LogP contribution < -0.4 is 5.73 Å². The van der Waals surface area contributed by atoms with Gasteiger partial charge in [-0.15, -0.1) is 0 Å². The second-order valence-corrected chi connectivity index (χ2v) is 5.63. The highest BCUT2D eigenvalue weighted by Crippen LogP contribution is 2.26. The first-order chi connectivity index (χ1) is 8.95. The Labute approximate surface area is 118 Å². The van der Waals surface area contributed by atoms with Gasteiger partial charge in [0.1, 0.15) is 0 Å². The number of amides is 1. The van der Waals surface area contributed by atoms with Gasteiger partial charge in [0.05, 0.1) is 16.3 Å². The van der Waals surface area contributed by atoms with E-state index in [4.69, 9.17) is 22.1 Å². The number of nitrogens with two attached hydrogens (primary N) is 1. The number of rotatable bonds is 2. The molecule has 0 aliphatic carbocycles. The smallest absolute Gasteiger partial charge is 0.254 e. The number of hydrogen-bond donors (Lipinski definition) is 1. The van der Waals surface area contributed by atoms with Crippen LogP contribution in [0.3, 0.4) is 0 Å². The molecule has 0 spiro atoms. The lowest BCUT2D eigenvalue weighted by molar-refractivity contribution is -0.0440. The maximum atomic E-state index is 12.4. The highest BCUT2D eigenvalue weighted by Gasteiger charge is 2.33. The van der Waals surface area contributed by atoms with Gasteiger partial charge in [0.15, 0.2) is 0 Å². The Morgan fingerprint density at radius 3 is 2.89 bits per heavy atom. The third-order valence-electron chi connectivity index (χ3n) is 3.69. The number of likely N-dealkylation sites (tertiary alicyclic amines) is 1. The number of halogens is 1. The van der Waals surface area contributed by atoms with E-state index in [9.17, 15) is 4.79 Å². The van der Waals surface area contributed by atoms with Crippen molar-refractivity contribution in [1.82, 2.24) is 4.90 Å². The zero-order chi connectivity index (χ0) is 14.0. The number of methoxy groups -OCH3 is 1. The summed E-state index contributed by atoms with van der Waals surface area (Å²) in [5.74, 6) is -0.0233.